The van der Waals surface area contributed by atoms with Crippen LogP contribution >= 0.6 is 11.8 Å². The summed E-state index contributed by atoms with van der Waals surface area (Å²) in [5, 5.41) is 12.9. The van der Waals surface area contributed by atoms with Crippen LogP contribution in [-0.4, -0.2) is 34.5 Å². The summed E-state index contributed by atoms with van der Waals surface area (Å²) in [6.07, 6.45) is 8.15. The van der Waals surface area contributed by atoms with Crippen LogP contribution in [0.2, 0.25) is 0 Å². The van der Waals surface area contributed by atoms with Gasteiger partial charge in [0.2, 0.25) is 5.91 Å². The number of hydrogen-bond acceptors (Lipinski definition) is 3. The fourth-order valence-electron chi connectivity index (χ4n) is 2.83. The molecule has 4 nitrogen and oxygen atoms in total. The molecule has 0 radical (unpaired) electrons. The van der Waals surface area contributed by atoms with Crippen molar-refractivity contribution in [3.8, 4) is 0 Å². The molecule has 102 valence electrons. The molecule has 2 aliphatic rings. The summed E-state index contributed by atoms with van der Waals surface area (Å²) in [7, 11) is 0. The third-order valence-electron chi connectivity index (χ3n) is 4.39. The minimum Gasteiger partial charge on any atom is -0.480 e. The summed E-state index contributed by atoms with van der Waals surface area (Å²) >= 11 is 1.89. The molecule has 2 fully saturated rings. The van der Waals surface area contributed by atoms with E-state index in [1.165, 1.54) is 0 Å². The van der Waals surface area contributed by atoms with E-state index in [-0.39, 0.29) is 11.9 Å². The fourth-order valence-corrected chi connectivity index (χ4v) is 3.58. The van der Waals surface area contributed by atoms with Crippen LogP contribution in [0.15, 0.2) is 0 Å². The van der Waals surface area contributed by atoms with Gasteiger partial charge in [-0.1, -0.05) is 6.42 Å². The molecule has 0 aromatic rings. The van der Waals surface area contributed by atoms with Crippen LogP contribution in [0.4, 0.5) is 0 Å². The summed E-state index contributed by atoms with van der Waals surface area (Å²) in [6.45, 7) is 0. The quantitative estimate of drug-likeness (QED) is 0.768. The fraction of sp³-hybridized carbons (Fsp3) is 0.846. The molecule has 2 aliphatic carbocycles. The molecule has 0 aliphatic heterocycles. The van der Waals surface area contributed by atoms with Gasteiger partial charge in [-0.25, -0.2) is 0 Å². The Balaban J connectivity index is 1.86. The van der Waals surface area contributed by atoms with Gasteiger partial charge in [0, 0.05) is 11.3 Å². The molecule has 0 aromatic carbocycles. The van der Waals surface area contributed by atoms with Crippen molar-refractivity contribution in [2.75, 3.05) is 6.26 Å². The lowest BCUT2D eigenvalue weighted by Crippen LogP contribution is -2.54. The Morgan fingerprint density at radius 2 is 1.83 bits per heavy atom. The maximum atomic E-state index is 12.1. The molecule has 18 heavy (non-hydrogen) atoms. The number of carboxylic acids is 1. The van der Waals surface area contributed by atoms with Crippen molar-refractivity contribution >= 4 is 23.6 Å². The summed E-state index contributed by atoms with van der Waals surface area (Å²) < 4.78 is 0. The van der Waals surface area contributed by atoms with Gasteiger partial charge in [-0.15, -0.1) is 0 Å². The summed E-state index contributed by atoms with van der Waals surface area (Å²) in [5.74, 6) is -1.21. The van der Waals surface area contributed by atoms with Gasteiger partial charge in [0.05, 0.1) is 0 Å². The molecule has 5 heteroatoms. The van der Waals surface area contributed by atoms with Crippen molar-refractivity contribution in [1.82, 2.24) is 5.32 Å². The zero-order valence-corrected chi connectivity index (χ0v) is 11.6. The second kappa shape index (κ2) is 5.51. The van der Waals surface area contributed by atoms with E-state index in [1.54, 1.807) is 0 Å². The molecule has 2 saturated carbocycles. The second-order valence-corrected chi connectivity index (χ2v) is 6.56. The normalized spacial score (nSPS) is 30.3. The molecule has 0 atom stereocenters. The number of carbonyl (C=O) groups is 2. The molecule has 0 bridgehead atoms. The standard InChI is InChI=1S/C13H21NO3S/c1-18-10-5-3-9(4-6-10)14-11(15)13(12(16)17)7-2-8-13/h9-10H,2-8H2,1H3,(H,14,15)(H,16,17). The highest BCUT2D eigenvalue weighted by molar-refractivity contribution is 7.99. The number of aliphatic carboxylic acids is 1. The molecule has 2 N–H and O–H groups in total. The largest absolute Gasteiger partial charge is 0.480 e. The third-order valence-corrected chi connectivity index (χ3v) is 5.53. The van der Waals surface area contributed by atoms with Crippen molar-refractivity contribution in [3.63, 3.8) is 0 Å². The Hall–Kier alpha value is -0.710. The monoisotopic (exact) mass is 271 g/mol. The molecule has 0 unspecified atom stereocenters. The van der Waals surface area contributed by atoms with Gasteiger partial charge in [0.1, 0.15) is 5.41 Å². The highest BCUT2D eigenvalue weighted by Crippen LogP contribution is 2.41. The average Bonchev–Trinajstić information content (AvgIpc) is 2.28. The maximum absolute atomic E-state index is 12.1. The van der Waals surface area contributed by atoms with Crippen molar-refractivity contribution in [2.24, 2.45) is 5.41 Å². The SMILES string of the molecule is CSC1CCC(NC(=O)C2(C(=O)O)CCC2)CC1. The van der Waals surface area contributed by atoms with E-state index in [0.29, 0.717) is 18.1 Å². The van der Waals surface area contributed by atoms with Crippen molar-refractivity contribution < 1.29 is 14.7 Å². The van der Waals surface area contributed by atoms with Gasteiger partial charge in [0.25, 0.3) is 0 Å². The predicted octanol–water partition coefficient (Wildman–Crippen LogP) is 2.03. The Bertz CT molecular complexity index is 333. The van der Waals surface area contributed by atoms with Crippen LogP contribution in [0, 0.1) is 5.41 Å². The molecular weight excluding hydrogens is 250 g/mol. The van der Waals surface area contributed by atoms with Crippen molar-refractivity contribution in [3.05, 3.63) is 0 Å². The topological polar surface area (TPSA) is 66.4 Å². The number of carbonyl (C=O) groups excluding carboxylic acids is 1. The number of thioether (sulfide) groups is 1. The maximum Gasteiger partial charge on any atom is 0.319 e. The minimum atomic E-state index is -1.11. The molecule has 2 rings (SSSR count). The number of nitrogens with one attached hydrogen (secondary N) is 1. The van der Waals surface area contributed by atoms with E-state index < -0.39 is 11.4 Å². The van der Waals surface area contributed by atoms with Gasteiger partial charge < -0.3 is 10.4 Å². The lowest BCUT2D eigenvalue weighted by Gasteiger charge is -2.38. The Labute approximate surface area is 112 Å². The second-order valence-electron chi connectivity index (χ2n) is 5.42. The first-order valence-electron chi connectivity index (χ1n) is 6.65. The molecule has 0 spiro atoms. The van der Waals surface area contributed by atoms with Gasteiger partial charge >= 0.3 is 5.97 Å². The van der Waals surface area contributed by atoms with Crippen LogP contribution in [0.3, 0.4) is 0 Å². The number of amides is 1. The van der Waals surface area contributed by atoms with Crippen LogP contribution < -0.4 is 5.32 Å². The molecule has 0 heterocycles. The predicted molar refractivity (Wildman–Crippen MR) is 71.6 cm³/mol. The number of hydrogen-bond donors (Lipinski definition) is 2. The third kappa shape index (κ3) is 2.51. The highest BCUT2D eigenvalue weighted by atomic mass is 32.2. The molecular formula is C13H21NO3S. The van der Waals surface area contributed by atoms with Crippen LogP contribution in [0.25, 0.3) is 0 Å². The Morgan fingerprint density at radius 1 is 1.22 bits per heavy atom. The molecule has 1 amide bonds. The average molecular weight is 271 g/mol. The molecule has 0 saturated heterocycles. The van der Waals surface area contributed by atoms with Crippen molar-refractivity contribution in [2.45, 2.75) is 56.2 Å². The lowest BCUT2D eigenvalue weighted by molar-refractivity contribution is -0.162. The number of rotatable bonds is 4. The number of carboxylic acid groups (broad SMARTS) is 1. The Morgan fingerprint density at radius 3 is 2.22 bits per heavy atom. The van der Waals surface area contributed by atoms with Crippen LogP contribution in [0.5, 0.6) is 0 Å². The van der Waals surface area contributed by atoms with Crippen LogP contribution in [-0.2, 0) is 9.59 Å². The van der Waals surface area contributed by atoms with Crippen LogP contribution in [0.1, 0.15) is 44.9 Å². The summed E-state index contributed by atoms with van der Waals surface area (Å²) in [6, 6.07) is 0.178. The summed E-state index contributed by atoms with van der Waals surface area (Å²) in [4.78, 5) is 23.3. The van der Waals surface area contributed by atoms with Gasteiger partial charge in [0.15, 0.2) is 0 Å². The van der Waals surface area contributed by atoms with E-state index in [0.717, 1.165) is 32.1 Å². The highest BCUT2D eigenvalue weighted by Gasteiger charge is 2.51. The summed E-state index contributed by atoms with van der Waals surface area (Å²) in [5.41, 5.74) is -1.11. The molecule has 0 aromatic heterocycles. The first-order chi connectivity index (χ1) is 8.58. The van der Waals surface area contributed by atoms with Gasteiger partial charge in [-0.2, -0.15) is 11.8 Å². The van der Waals surface area contributed by atoms with Gasteiger partial charge in [-0.3, -0.25) is 9.59 Å². The minimum absolute atomic E-state index is 0.178. The zero-order chi connectivity index (χ0) is 13.2. The van der Waals surface area contributed by atoms with E-state index in [1.807, 2.05) is 11.8 Å². The van der Waals surface area contributed by atoms with E-state index in [2.05, 4.69) is 11.6 Å². The van der Waals surface area contributed by atoms with E-state index >= 15 is 0 Å². The first-order valence-corrected chi connectivity index (χ1v) is 7.94. The Kier molecular flexibility index (Phi) is 4.20. The smallest absolute Gasteiger partial charge is 0.319 e. The van der Waals surface area contributed by atoms with Gasteiger partial charge in [-0.05, 0) is 44.8 Å². The lowest BCUT2D eigenvalue weighted by atomic mass is 9.68. The van der Waals surface area contributed by atoms with E-state index in [9.17, 15) is 14.7 Å². The van der Waals surface area contributed by atoms with Crippen molar-refractivity contribution in [1.29, 1.82) is 0 Å². The van der Waals surface area contributed by atoms with E-state index in [4.69, 9.17) is 0 Å². The first kappa shape index (κ1) is 13.7. The zero-order valence-electron chi connectivity index (χ0n) is 10.8.